The molecule has 3 aromatic rings. The Morgan fingerprint density at radius 3 is 2.57 bits per heavy atom. The van der Waals surface area contributed by atoms with E-state index < -0.39 is 0 Å². The molecule has 0 spiro atoms. The number of piperazine rings is 1. The van der Waals surface area contributed by atoms with Gasteiger partial charge in [-0.1, -0.05) is 29.8 Å². The number of β-amino-alcohol motifs (C(OH)–C–C–N with tert-alkyl or cyclic N) is 1. The summed E-state index contributed by atoms with van der Waals surface area (Å²) in [5, 5.41) is 11.6. The lowest BCUT2D eigenvalue weighted by Crippen LogP contribution is -2.49. The van der Waals surface area contributed by atoms with Gasteiger partial charge in [-0.05, 0) is 12.5 Å². The van der Waals surface area contributed by atoms with E-state index in [9.17, 15) is 9.59 Å². The topological polar surface area (TPSA) is 78.7 Å². The zero-order valence-corrected chi connectivity index (χ0v) is 17.9. The fourth-order valence-electron chi connectivity index (χ4n) is 3.81. The minimum atomic E-state index is -0.0996. The van der Waals surface area contributed by atoms with Crippen molar-refractivity contribution >= 4 is 27.5 Å². The SMILES string of the molecule is Cc1ccc(-c2csc3ncn(CCC(=O)N4CCN(CCO)CC4)c(=O)c23)cc1. The molecule has 0 atom stereocenters. The van der Waals surface area contributed by atoms with E-state index >= 15 is 0 Å². The van der Waals surface area contributed by atoms with Gasteiger partial charge in [0.2, 0.25) is 5.91 Å². The summed E-state index contributed by atoms with van der Waals surface area (Å²) in [7, 11) is 0. The first-order chi connectivity index (χ1) is 14.6. The van der Waals surface area contributed by atoms with Crippen LogP contribution < -0.4 is 5.56 Å². The van der Waals surface area contributed by atoms with Crippen molar-refractivity contribution in [2.75, 3.05) is 39.3 Å². The van der Waals surface area contributed by atoms with Crippen molar-refractivity contribution < 1.29 is 9.90 Å². The predicted molar refractivity (Wildman–Crippen MR) is 119 cm³/mol. The Bertz CT molecular complexity index is 1080. The van der Waals surface area contributed by atoms with Gasteiger partial charge in [0, 0.05) is 56.6 Å². The highest BCUT2D eigenvalue weighted by atomic mass is 32.1. The molecule has 0 saturated carbocycles. The normalized spacial score (nSPS) is 15.1. The van der Waals surface area contributed by atoms with Gasteiger partial charge in [-0.15, -0.1) is 11.3 Å². The molecular weight excluding hydrogens is 400 g/mol. The van der Waals surface area contributed by atoms with E-state index in [4.69, 9.17) is 5.11 Å². The van der Waals surface area contributed by atoms with Gasteiger partial charge in [-0.3, -0.25) is 19.1 Å². The van der Waals surface area contributed by atoms with Gasteiger partial charge >= 0.3 is 0 Å². The number of hydrogen-bond donors (Lipinski definition) is 1. The molecule has 158 valence electrons. The fourth-order valence-corrected chi connectivity index (χ4v) is 4.72. The summed E-state index contributed by atoms with van der Waals surface area (Å²) in [5.74, 6) is 0.0507. The summed E-state index contributed by atoms with van der Waals surface area (Å²) in [6.07, 6.45) is 1.82. The van der Waals surface area contributed by atoms with Gasteiger partial charge in [0.25, 0.3) is 5.56 Å². The van der Waals surface area contributed by atoms with Crippen LogP contribution in [0.4, 0.5) is 0 Å². The summed E-state index contributed by atoms with van der Waals surface area (Å²) in [5.41, 5.74) is 2.97. The van der Waals surface area contributed by atoms with E-state index in [2.05, 4.69) is 9.88 Å². The number of amides is 1. The number of benzene rings is 1. The van der Waals surface area contributed by atoms with E-state index in [-0.39, 0.29) is 24.5 Å². The summed E-state index contributed by atoms with van der Waals surface area (Å²) < 4.78 is 1.55. The second kappa shape index (κ2) is 9.07. The Morgan fingerprint density at radius 2 is 1.87 bits per heavy atom. The predicted octanol–water partition coefficient (Wildman–Crippen LogP) is 1.96. The van der Waals surface area contributed by atoms with Crippen LogP contribution >= 0.6 is 11.3 Å². The molecule has 8 heteroatoms. The number of carbonyl (C=O) groups excluding carboxylic acids is 1. The first kappa shape index (κ1) is 20.7. The maximum atomic E-state index is 13.1. The quantitative estimate of drug-likeness (QED) is 0.652. The van der Waals surface area contributed by atoms with Gasteiger partial charge in [0.1, 0.15) is 4.83 Å². The lowest BCUT2D eigenvalue weighted by atomic mass is 10.1. The summed E-state index contributed by atoms with van der Waals surface area (Å²) in [6.45, 7) is 6.00. The molecule has 7 nitrogen and oxygen atoms in total. The van der Waals surface area contributed by atoms with Gasteiger partial charge in [-0.2, -0.15) is 0 Å². The standard InChI is InChI=1S/C22H26N4O3S/c1-16-2-4-17(5-3-16)18-14-30-21-20(18)22(29)26(15-23-21)7-6-19(28)25-10-8-24(9-11-25)12-13-27/h2-5,14-15,27H,6-13H2,1H3. The number of aromatic nitrogens is 2. The number of aryl methyl sites for hydroxylation is 2. The Labute approximate surface area is 179 Å². The molecule has 2 aromatic heterocycles. The number of carbonyl (C=O) groups is 1. The number of thiophene rings is 1. The van der Waals surface area contributed by atoms with Crippen molar-refractivity contribution in [2.45, 2.75) is 19.9 Å². The molecule has 1 aliphatic rings. The van der Waals surface area contributed by atoms with Crippen LogP contribution in [0.5, 0.6) is 0 Å². The average molecular weight is 427 g/mol. The molecule has 1 N–H and O–H groups in total. The van der Waals surface area contributed by atoms with Crippen LogP contribution in [-0.2, 0) is 11.3 Å². The highest BCUT2D eigenvalue weighted by Crippen LogP contribution is 2.30. The number of nitrogens with zero attached hydrogens (tertiary/aromatic N) is 4. The number of rotatable bonds is 6. The lowest BCUT2D eigenvalue weighted by molar-refractivity contribution is -0.133. The van der Waals surface area contributed by atoms with Gasteiger partial charge in [0.15, 0.2) is 0 Å². The summed E-state index contributed by atoms with van der Waals surface area (Å²) in [4.78, 5) is 34.9. The molecule has 30 heavy (non-hydrogen) atoms. The number of fused-ring (bicyclic) bond motifs is 1. The van der Waals surface area contributed by atoms with E-state index in [1.165, 1.54) is 16.9 Å². The molecule has 1 amide bonds. The highest BCUT2D eigenvalue weighted by Gasteiger charge is 2.21. The molecule has 0 aliphatic carbocycles. The molecule has 0 unspecified atom stereocenters. The third-order valence-electron chi connectivity index (χ3n) is 5.63. The van der Waals surface area contributed by atoms with E-state index in [0.29, 0.717) is 31.6 Å². The second-order valence-corrected chi connectivity index (χ2v) is 8.49. The summed E-state index contributed by atoms with van der Waals surface area (Å²) >= 11 is 1.47. The number of hydrogen-bond acceptors (Lipinski definition) is 6. The Kier molecular flexibility index (Phi) is 6.26. The van der Waals surface area contributed by atoms with Crippen LogP contribution in [0.3, 0.4) is 0 Å². The first-order valence-electron chi connectivity index (χ1n) is 10.2. The maximum Gasteiger partial charge on any atom is 0.262 e. The molecule has 1 fully saturated rings. The molecule has 3 heterocycles. The Morgan fingerprint density at radius 1 is 1.13 bits per heavy atom. The molecule has 0 bridgehead atoms. The van der Waals surface area contributed by atoms with Crippen molar-refractivity contribution in [3.05, 3.63) is 51.9 Å². The van der Waals surface area contributed by atoms with Crippen LogP contribution in [0, 0.1) is 6.92 Å². The molecule has 4 rings (SSSR count). The van der Waals surface area contributed by atoms with Crippen LogP contribution in [0.1, 0.15) is 12.0 Å². The number of aliphatic hydroxyl groups is 1. The molecule has 0 radical (unpaired) electrons. The van der Waals surface area contributed by atoms with Crippen molar-refractivity contribution in [3.63, 3.8) is 0 Å². The Balaban J connectivity index is 1.48. The van der Waals surface area contributed by atoms with Gasteiger partial charge in [0.05, 0.1) is 18.3 Å². The number of aliphatic hydroxyl groups excluding tert-OH is 1. The van der Waals surface area contributed by atoms with Crippen molar-refractivity contribution in [1.82, 2.24) is 19.4 Å². The lowest BCUT2D eigenvalue weighted by Gasteiger charge is -2.34. The fraction of sp³-hybridized carbons (Fsp3) is 0.409. The van der Waals surface area contributed by atoms with Gasteiger partial charge < -0.3 is 10.0 Å². The first-order valence-corrected chi connectivity index (χ1v) is 11.1. The van der Waals surface area contributed by atoms with Gasteiger partial charge in [-0.25, -0.2) is 4.98 Å². The highest BCUT2D eigenvalue weighted by molar-refractivity contribution is 7.17. The smallest absolute Gasteiger partial charge is 0.262 e. The van der Waals surface area contributed by atoms with Crippen molar-refractivity contribution in [2.24, 2.45) is 0 Å². The second-order valence-electron chi connectivity index (χ2n) is 7.63. The maximum absolute atomic E-state index is 13.1. The van der Waals surface area contributed by atoms with Crippen molar-refractivity contribution in [1.29, 1.82) is 0 Å². The Hall–Kier alpha value is -2.55. The molecule has 1 aromatic carbocycles. The molecule has 1 aliphatic heterocycles. The van der Waals surface area contributed by atoms with E-state index in [1.807, 2.05) is 41.5 Å². The monoisotopic (exact) mass is 426 g/mol. The molecule has 1 saturated heterocycles. The van der Waals surface area contributed by atoms with Crippen LogP contribution in [0.15, 0.2) is 40.8 Å². The average Bonchev–Trinajstić information content (AvgIpc) is 3.19. The molecular formula is C22H26N4O3S. The zero-order chi connectivity index (χ0) is 21.1. The summed E-state index contributed by atoms with van der Waals surface area (Å²) in [6, 6.07) is 8.11. The van der Waals surface area contributed by atoms with E-state index in [0.717, 1.165) is 29.0 Å². The van der Waals surface area contributed by atoms with Crippen LogP contribution in [0.25, 0.3) is 21.3 Å². The van der Waals surface area contributed by atoms with Crippen LogP contribution in [0.2, 0.25) is 0 Å². The minimum Gasteiger partial charge on any atom is -0.395 e. The largest absolute Gasteiger partial charge is 0.395 e. The van der Waals surface area contributed by atoms with Crippen LogP contribution in [-0.4, -0.2) is 69.7 Å². The zero-order valence-electron chi connectivity index (χ0n) is 17.1. The van der Waals surface area contributed by atoms with Crippen molar-refractivity contribution in [3.8, 4) is 11.1 Å². The van der Waals surface area contributed by atoms with E-state index in [1.54, 1.807) is 10.9 Å². The minimum absolute atomic E-state index is 0.0507. The third-order valence-corrected chi connectivity index (χ3v) is 6.52. The third kappa shape index (κ3) is 4.30.